The van der Waals surface area contributed by atoms with E-state index in [1.165, 1.54) is 17.0 Å². The van der Waals surface area contributed by atoms with Crippen LogP contribution < -0.4 is 0 Å². The Hall–Kier alpha value is -1.85. The molecule has 6 heteroatoms. The first-order valence-electron chi connectivity index (χ1n) is 5.54. The zero-order valence-electron chi connectivity index (χ0n) is 9.92. The smallest absolute Gasteiger partial charge is 0.335 e. The minimum Gasteiger partial charge on any atom is -0.478 e. The second kappa shape index (κ2) is 4.36. The molecular weight excluding hydrogens is 284 g/mol. The van der Waals surface area contributed by atoms with Crippen molar-refractivity contribution in [2.24, 2.45) is 0 Å². The lowest BCUT2D eigenvalue weighted by Crippen LogP contribution is -1.97. The van der Waals surface area contributed by atoms with Crippen LogP contribution in [0.1, 0.15) is 15.2 Å². The molecule has 0 saturated carbocycles. The van der Waals surface area contributed by atoms with Crippen LogP contribution in [0.25, 0.3) is 16.2 Å². The molecule has 0 unspecified atom stereocenters. The zero-order chi connectivity index (χ0) is 13.6. The first-order chi connectivity index (χ1) is 9.06. The Bertz CT molecular complexity index is 791. The average molecular weight is 293 g/mol. The van der Waals surface area contributed by atoms with Crippen LogP contribution in [-0.4, -0.2) is 20.5 Å². The number of carbonyl (C=O) groups is 1. The molecule has 0 amide bonds. The van der Waals surface area contributed by atoms with Crippen molar-refractivity contribution >= 4 is 34.4 Å². The molecule has 0 aliphatic rings. The largest absolute Gasteiger partial charge is 0.478 e. The second-order valence-corrected chi connectivity index (χ2v) is 5.76. The number of aromatic carboxylic acids is 1. The van der Waals surface area contributed by atoms with E-state index in [0.717, 1.165) is 10.7 Å². The van der Waals surface area contributed by atoms with E-state index in [1.54, 1.807) is 21.9 Å². The number of imidazole rings is 1. The van der Waals surface area contributed by atoms with Crippen molar-refractivity contribution < 1.29 is 9.90 Å². The van der Waals surface area contributed by atoms with Crippen molar-refractivity contribution in [2.75, 3.05) is 0 Å². The molecule has 0 bridgehead atoms. The molecule has 0 saturated heterocycles. The average Bonchev–Trinajstić information content (AvgIpc) is 2.94. The highest BCUT2D eigenvalue weighted by molar-refractivity contribution is 7.15. The van der Waals surface area contributed by atoms with E-state index >= 15 is 0 Å². The van der Waals surface area contributed by atoms with Gasteiger partial charge in [-0.2, -0.15) is 0 Å². The van der Waals surface area contributed by atoms with E-state index in [0.29, 0.717) is 10.7 Å². The van der Waals surface area contributed by atoms with E-state index in [-0.39, 0.29) is 5.56 Å². The topological polar surface area (TPSA) is 54.6 Å². The number of aryl methyl sites for hydroxylation is 1. The van der Waals surface area contributed by atoms with Crippen LogP contribution in [0.5, 0.6) is 0 Å². The lowest BCUT2D eigenvalue weighted by Gasteiger charge is -2.00. The number of thiophene rings is 1. The number of hydrogen-bond donors (Lipinski definition) is 1. The van der Waals surface area contributed by atoms with Gasteiger partial charge in [0.15, 0.2) is 11.0 Å². The van der Waals surface area contributed by atoms with E-state index in [4.69, 9.17) is 16.7 Å². The maximum atomic E-state index is 11.0. The summed E-state index contributed by atoms with van der Waals surface area (Å²) >= 11 is 7.71. The van der Waals surface area contributed by atoms with E-state index in [2.05, 4.69) is 4.98 Å². The Balaban J connectivity index is 2.25. The summed E-state index contributed by atoms with van der Waals surface area (Å²) in [6.45, 7) is 2.02. The van der Waals surface area contributed by atoms with Gasteiger partial charge in [-0.1, -0.05) is 11.6 Å². The molecule has 0 radical (unpaired) electrons. The molecule has 96 valence electrons. The summed E-state index contributed by atoms with van der Waals surface area (Å²) in [5.74, 6) is -0.247. The number of fused-ring (bicyclic) bond motifs is 1. The monoisotopic (exact) mass is 292 g/mol. The fraction of sp³-hybridized carbons (Fsp3) is 0.0769. The van der Waals surface area contributed by atoms with Crippen LogP contribution in [0.3, 0.4) is 0 Å². The van der Waals surface area contributed by atoms with Crippen LogP contribution in [0.4, 0.5) is 0 Å². The summed E-state index contributed by atoms with van der Waals surface area (Å²) in [4.78, 5) is 17.5. The molecular formula is C13H9ClN2O2S. The predicted molar refractivity (Wildman–Crippen MR) is 75.2 cm³/mol. The molecule has 1 N–H and O–H groups in total. The highest BCUT2D eigenvalue weighted by Crippen LogP contribution is 2.30. The summed E-state index contributed by atoms with van der Waals surface area (Å²) in [7, 11) is 0. The lowest BCUT2D eigenvalue weighted by molar-refractivity contribution is 0.0697. The molecule has 0 aliphatic heterocycles. The fourth-order valence-electron chi connectivity index (χ4n) is 1.91. The number of rotatable bonds is 2. The van der Waals surface area contributed by atoms with Gasteiger partial charge in [-0.15, -0.1) is 11.3 Å². The number of pyridine rings is 1. The zero-order valence-corrected chi connectivity index (χ0v) is 11.5. The minimum atomic E-state index is -0.978. The maximum absolute atomic E-state index is 11.0. The number of hydrogen-bond acceptors (Lipinski definition) is 3. The summed E-state index contributed by atoms with van der Waals surface area (Å²) in [5, 5.41) is 9.30. The first-order valence-corrected chi connectivity index (χ1v) is 6.73. The van der Waals surface area contributed by atoms with Gasteiger partial charge in [-0.25, -0.2) is 9.78 Å². The van der Waals surface area contributed by atoms with E-state index in [1.807, 2.05) is 19.1 Å². The molecule has 3 aromatic rings. The molecule has 3 heterocycles. The number of halogens is 1. The van der Waals surface area contributed by atoms with Crippen molar-refractivity contribution in [2.45, 2.75) is 6.92 Å². The Morgan fingerprint density at radius 1 is 1.42 bits per heavy atom. The number of carboxylic acid groups (broad SMARTS) is 1. The molecule has 3 aromatic heterocycles. The van der Waals surface area contributed by atoms with Crippen LogP contribution in [0, 0.1) is 6.92 Å². The minimum absolute atomic E-state index is 0.197. The molecule has 0 spiro atoms. The number of carboxylic acids is 1. The van der Waals surface area contributed by atoms with Gasteiger partial charge in [0.05, 0.1) is 16.0 Å². The molecule has 0 fully saturated rings. The van der Waals surface area contributed by atoms with Gasteiger partial charge in [0, 0.05) is 11.1 Å². The third-order valence-electron chi connectivity index (χ3n) is 2.81. The Labute approximate surface area is 117 Å². The van der Waals surface area contributed by atoms with Crippen LogP contribution in [-0.2, 0) is 0 Å². The molecule has 3 rings (SSSR count). The second-order valence-electron chi connectivity index (χ2n) is 4.11. The van der Waals surface area contributed by atoms with E-state index in [9.17, 15) is 4.79 Å². The third-order valence-corrected chi connectivity index (χ3v) is 4.08. The van der Waals surface area contributed by atoms with Crippen molar-refractivity contribution in [3.8, 4) is 10.7 Å². The van der Waals surface area contributed by atoms with Gasteiger partial charge in [-0.3, -0.25) is 4.40 Å². The third kappa shape index (κ3) is 2.01. The molecule has 0 atom stereocenters. The van der Waals surface area contributed by atoms with Gasteiger partial charge in [0.1, 0.15) is 0 Å². The SMILES string of the molecule is Cc1ccc(-c2nc(Cl)c3cc(C(=O)O)ccn23)s1. The maximum Gasteiger partial charge on any atom is 0.335 e. The molecule has 0 aromatic carbocycles. The van der Waals surface area contributed by atoms with E-state index < -0.39 is 5.97 Å². The fourth-order valence-corrected chi connectivity index (χ4v) is 2.99. The van der Waals surface area contributed by atoms with Gasteiger partial charge >= 0.3 is 5.97 Å². The Morgan fingerprint density at radius 2 is 2.21 bits per heavy atom. The van der Waals surface area contributed by atoms with Crippen LogP contribution in [0.2, 0.25) is 5.15 Å². The summed E-state index contributed by atoms with van der Waals surface area (Å²) in [6.07, 6.45) is 1.68. The Morgan fingerprint density at radius 3 is 2.84 bits per heavy atom. The highest BCUT2D eigenvalue weighted by Gasteiger charge is 2.14. The van der Waals surface area contributed by atoms with Crippen molar-refractivity contribution in [3.05, 3.63) is 46.1 Å². The summed E-state index contributed by atoms with van der Waals surface area (Å²) in [6, 6.07) is 7.07. The quantitative estimate of drug-likeness (QED) is 0.783. The van der Waals surface area contributed by atoms with Gasteiger partial charge in [0.2, 0.25) is 0 Å². The predicted octanol–water partition coefficient (Wildman–Crippen LogP) is 3.72. The van der Waals surface area contributed by atoms with Crippen molar-refractivity contribution in [1.82, 2.24) is 9.38 Å². The van der Waals surface area contributed by atoms with Crippen molar-refractivity contribution in [3.63, 3.8) is 0 Å². The van der Waals surface area contributed by atoms with Crippen LogP contribution >= 0.6 is 22.9 Å². The van der Waals surface area contributed by atoms with Crippen LogP contribution in [0.15, 0.2) is 30.5 Å². The molecule has 0 aliphatic carbocycles. The molecule has 19 heavy (non-hydrogen) atoms. The number of aromatic nitrogens is 2. The lowest BCUT2D eigenvalue weighted by atomic mass is 10.2. The first kappa shape index (κ1) is 12.2. The number of nitrogens with zero attached hydrogens (tertiary/aromatic N) is 2. The standard InChI is InChI=1S/C13H9ClN2O2S/c1-7-2-3-10(19-7)12-15-11(14)9-6-8(13(17)18)4-5-16(9)12/h2-6H,1H3,(H,17,18). The normalized spacial score (nSPS) is 11.1. The van der Waals surface area contributed by atoms with Gasteiger partial charge in [0.25, 0.3) is 0 Å². The Kier molecular flexibility index (Phi) is 2.80. The van der Waals surface area contributed by atoms with Gasteiger partial charge < -0.3 is 5.11 Å². The highest BCUT2D eigenvalue weighted by atomic mass is 35.5. The van der Waals surface area contributed by atoms with Crippen molar-refractivity contribution in [1.29, 1.82) is 0 Å². The molecule has 4 nitrogen and oxygen atoms in total. The summed E-state index contributed by atoms with van der Waals surface area (Å²) < 4.78 is 1.81. The summed E-state index contributed by atoms with van der Waals surface area (Å²) in [5.41, 5.74) is 0.797. The van der Waals surface area contributed by atoms with Gasteiger partial charge in [-0.05, 0) is 31.2 Å².